The molecule has 0 unspecified atom stereocenters. The second kappa shape index (κ2) is 4.88. The molecule has 0 saturated heterocycles. The second-order valence-corrected chi connectivity index (χ2v) is 4.37. The third-order valence-corrected chi connectivity index (χ3v) is 3.31. The Morgan fingerprint density at radius 2 is 2.31 bits per heavy atom. The lowest BCUT2D eigenvalue weighted by Crippen LogP contribution is -2.36. The highest BCUT2D eigenvalue weighted by Crippen LogP contribution is 2.28. The number of benzene rings is 1. The number of carbonyl (C=O) groups excluding carboxylic acids is 1. The predicted molar refractivity (Wildman–Crippen MR) is 67.2 cm³/mol. The summed E-state index contributed by atoms with van der Waals surface area (Å²) in [5.41, 5.74) is 3.66. The van der Waals surface area contributed by atoms with Crippen LogP contribution in [0.4, 0.5) is 5.69 Å². The lowest BCUT2D eigenvalue weighted by molar-refractivity contribution is -0.116. The molecule has 2 nitrogen and oxygen atoms in total. The van der Waals surface area contributed by atoms with E-state index in [2.05, 4.69) is 25.1 Å². The van der Waals surface area contributed by atoms with Crippen molar-refractivity contribution in [1.82, 2.24) is 0 Å². The van der Waals surface area contributed by atoms with Gasteiger partial charge in [-0.05, 0) is 36.5 Å². The Morgan fingerprint density at radius 3 is 3.00 bits per heavy atom. The van der Waals surface area contributed by atoms with Crippen molar-refractivity contribution in [1.29, 1.82) is 0 Å². The SMILES string of the molecule is CCc1ccc2c(c1)CCCN2C(=O)CCl. The van der Waals surface area contributed by atoms with Gasteiger partial charge in [-0.25, -0.2) is 0 Å². The number of amides is 1. The summed E-state index contributed by atoms with van der Waals surface area (Å²) >= 11 is 5.62. The van der Waals surface area contributed by atoms with Crippen molar-refractivity contribution >= 4 is 23.2 Å². The maximum absolute atomic E-state index is 11.7. The summed E-state index contributed by atoms with van der Waals surface area (Å²) in [5, 5.41) is 0. The average Bonchev–Trinajstić information content (AvgIpc) is 2.36. The predicted octanol–water partition coefficient (Wildman–Crippen LogP) is 2.77. The van der Waals surface area contributed by atoms with E-state index in [1.165, 1.54) is 11.1 Å². The van der Waals surface area contributed by atoms with E-state index in [1.54, 1.807) is 0 Å². The van der Waals surface area contributed by atoms with Gasteiger partial charge in [0.2, 0.25) is 5.91 Å². The van der Waals surface area contributed by atoms with Crippen LogP contribution in [0, 0.1) is 0 Å². The van der Waals surface area contributed by atoms with Gasteiger partial charge < -0.3 is 4.90 Å². The highest BCUT2D eigenvalue weighted by atomic mass is 35.5. The molecule has 1 amide bonds. The molecule has 0 atom stereocenters. The van der Waals surface area contributed by atoms with Crippen LogP contribution < -0.4 is 4.90 Å². The molecule has 0 fully saturated rings. The van der Waals surface area contributed by atoms with Crippen LogP contribution in [0.25, 0.3) is 0 Å². The minimum absolute atomic E-state index is 0.00636. The fourth-order valence-corrected chi connectivity index (χ4v) is 2.35. The van der Waals surface area contributed by atoms with Crippen molar-refractivity contribution in [3.05, 3.63) is 29.3 Å². The molecule has 0 aliphatic carbocycles. The summed E-state index contributed by atoms with van der Waals surface area (Å²) in [7, 11) is 0. The Morgan fingerprint density at radius 1 is 1.50 bits per heavy atom. The molecule has 2 rings (SSSR count). The Labute approximate surface area is 101 Å². The number of carbonyl (C=O) groups is 1. The first-order chi connectivity index (χ1) is 7.76. The molecule has 1 heterocycles. The molecule has 0 N–H and O–H groups in total. The Balaban J connectivity index is 2.36. The Kier molecular flexibility index (Phi) is 3.49. The number of halogens is 1. The zero-order valence-electron chi connectivity index (χ0n) is 9.50. The van der Waals surface area contributed by atoms with Gasteiger partial charge in [0.25, 0.3) is 0 Å². The van der Waals surface area contributed by atoms with Gasteiger partial charge in [-0.2, -0.15) is 0 Å². The van der Waals surface area contributed by atoms with Crippen LogP contribution in [0.2, 0.25) is 0 Å². The van der Waals surface area contributed by atoms with Gasteiger partial charge in [-0.3, -0.25) is 4.79 Å². The van der Waals surface area contributed by atoms with Crippen LogP contribution in [-0.4, -0.2) is 18.3 Å². The van der Waals surface area contributed by atoms with Crippen LogP contribution in [0.15, 0.2) is 18.2 Å². The Hall–Kier alpha value is -1.02. The molecule has 0 radical (unpaired) electrons. The van der Waals surface area contributed by atoms with E-state index in [1.807, 2.05) is 4.90 Å². The number of aryl methyl sites for hydroxylation is 2. The maximum Gasteiger partial charge on any atom is 0.241 e. The molecule has 0 aromatic heterocycles. The molecule has 1 aliphatic rings. The number of fused-ring (bicyclic) bond motifs is 1. The van der Waals surface area contributed by atoms with Crippen molar-refractivity contribution < 1.29 is 4.79 Å². The Bertz CT molecular complexity index is 403. The fourth-order valence-electron chi connectivity index (χ4n) is 2.20. The van der Waals surface area contributed by atoms with Crippen molar-refractivity contribution in [2.45, 2.75) is 26.2 Å². The molecule has 3 heteroatoms. The van der Waals surface area contributed by atoms with Crippen LogP contribution in [0.3, 0.4) is 0 Å². The van der Waals surface area contributed by atoms with Gasteiger partial charge in [-0.1, -0.05) is 19.1 Å². The normalized spacial score (nSPS) is 14.8. The first-order valence-electron chi connectivity index (χ1n) is 5.74. The average molecular weight is 238 g/mol. The molecular weight excluding hydrogens is 222 g/mol. The number of hydrogen-bond acceptors (Lipinski definition) is 1. The third-order valence-electron chi connectivity index (χ3n) is 3.09. The lowest BCUT2D eigenvalue weighted by Gasteiger charge is -2.29. The molecule has 1 aliphatic heterocycles. The topological polar surface area (TPSA) is 20.3 Å². The van der Waals surface area contributed by atoms with E-state index in [9.17, 15) is 4.79 Å². The number of rotatable bonds is 2. The van der Waals surface area contributed by atoms with E-state index in [0.29, 0.717) is 0 Å². The van der Waals surface area contributed by atoms with Gasteiger partial charge in [0.15, 0.2) is 0 Å². The van der Waals surface area contributed by atoms with Gasteiger partial charge in [0, 0.05) is 12.2 Å². The molecule has 0 bridgehead atoms. The quantitative estimate of drug-likeness (QED) is 0.725. The summed E-state index contributed by atoms with van der Waals surface area (Å²) in [6.45, 7) is 2.94. The summed E-state index contributed by atoms with van der Waals surface area (Å²) < 4.78 is 0. The molecule has 0 saturated carbocycles. The lowest BCUT2D eigenvalue weighted by atomic mass is 9.98. The molecular formula is C13H16ClNO. The summed E-state index contributed by atoms with van der Waals surface area (Å²) in [6.07, 6.45) is 3.13. The third kappa shape index (κ3) is 2.07. The van der Waals surface area contributed by atoms with Crippen LogP contribution in [0.1, 0.15) is 24.5 Å². The van der Waals surface area contributed by atoms with Gasteiger partial charge >= 0.3 is 0 Å². The van der Waals surface area contributed by atoms with E-state index in [4.69, 9.17) is 11.6 Å². The molecule has 0 spiro atoms. The van der Waals surface area contributed by atoms with Gasteiger partial charge in [-0.15, -0.1) is 11.6 Å². The highest BCUT2D eigenvalue weighted by Gasteiger charge is 2.21. The number of hydrogen-bond donors (Lipinski definition) is 0. The number of nitrogens with zero attached hydrogens (tertiary/aromatic N) is 1. The van der Waals surface area contributed by atoms with E-state index in [0.717, 1.165) is 31.5 Å². The molecule has 1 aromatic rings. The van der Waals surface area contributed by atoms with Crippen LogP contribution in [-0.2, 0) is 17.6 Å². The standard InChI is InChI=1S/C13H16ClNO/c1-2-10-5-6-12-11(8-10)4-3-7-15(12)13(16)9-14/h5-6,8H,2-4,7,9H2,1H3. The zero-order chi connectivity index (χ0) is 11.5. The monoisotopic (exact) mass is 237 g/mol. The van der Waals surface area contributed by atoms with E-state index in [-0.39, 0.29) is 11.8 Å². The second-order valence-electron chi connectivity index (χ2n) is 4.10. The van der Waals surface area contributed by atoms with E-state index >= 15 is 0 Å². The minimum Gasteiger partial charge on any atom is -0.311 e. The van der Waals surface area contributed by atoms with Crippen molar-refractivity contribution in [2.24, 2.45) is 0 Å². The van der Waals surface area contributed by atoms with Crippen LogP contribution in [0.5, 0.6) is 0 Å². The number of anilines is 1. The summed E-state index contributed by atoms with van der Waals surface area (Å²) in [5.74, 6) is 0.0708. The molecule has 86 valence electrons. The summed E-state index contributed by atoms with van der Waals surface area (Å²) in [4.78, 5) is 13.5. The zero-order valence-corrected chi connectivity index (χ0v) is 10.3. The smallest absolute Gasteiger partial charge is 0.241 e. The fraction of sp³-hybridized carbons (Fsp3) is 0.462. The van der Waals surface area contributed by atoms with E-state index < -0.39 is 0 Å². The summed E-state index contributed by atoms with van der Waals surface area (Å²) in [6, 6.07) is 6.36. The molecule has 1 aromatic carbocycles. The van der Waals surface area contributed by atoms with Crippen molar-refractivity contribution in [3.63, 3.8) is 0 Å². The first kappa shape index (κ1) is 11.5. The van der Waals surface area contributed by atoms with Crippen molar-refractivity contribution in [3.8, 4) is 0 Å². The van der Waals surface area contributed by atoms with Crippen LogP contribution >= 0.6 is 11.6 Å². The number of alkyl halides is 1. The van der Waals surface area contributed by atoms with Gasteiger partial charge in [0.1, 0.15) is 5.88 Å². The largest absolute Gasteiger partial charge is 0.311 e. The van der Waals surface area contributed by atoms with Crippen molar-refractivity contribution in [2.75, 3.05) is 17.3 Å². The highest BCUT2D eigenvalue weighted by molar-refractivity contribution is 6.29. The van der Waals surface area contributed by atoms with Gasteiger partial charge in [0.05, 0.1) is 0 Å². The maximum atomic E-state index is 11.7. The first-order valence-corrected chi connectivity index (χ1v) is 6.28. The minimum atomic E-state index is 0.00636. The molecule has 16 heavy (non-hydrogen) atoms.